The molecule has 0 aliphatic carbocycles. The van der Waals surface area contributed by atoms with Gasteiger partial charge >= 0.3 is 0 Å². The molecule has 0 unspecified atom stereocenters. The van der Waals surface area contributed by atoms with Gasteiger partial charge < -0.3 is 19.1 Å². The summed E-state index contributed by atoms with van der Waals surface area (Å²) in [5, 5.41) is 3.67. The van der Waals surface area contributed by atoms with Crippen LogP contribution in [-0.4, -0.2) is 58.1 Å². The van der Waals surface area contributed by atoms with E-state index < -0.39 is 17.4 Å². The zero-order chi connectivity index (χ0) is 18.5. The van der Waals surface area contributed by atoms with Gasteiger partial charge in [-0.25, -0.2) is 0 Å². The third kappa shape index (κ3) is 2.40. The van der Waals surface area contributed by atoms with Crippen LogP contribution in [0.25, 0.3) is 0 Å². The van der Waals surface area contributed by atoms with Crippen molar-refractivity contribution < 1.29 is 18.8 Å². The number of hydrogen-bond acceptors (Lipinski definition) is 5. The predicted molar refractivity (Wildman–Crippen MR) is 92.8 cm³/mol. The molecule has 3 aliphatic rings. The van der Waals surface area contributed by atoms with E-state index in [4.69, 9.17) is 9.26 Å². The Labute approximate surface area is 152 Å². The molecule has 2 fully saturated rings. The van der Waals surface area contributed by atoms with Crippen molar-refractivity contribution in [2.24, 2.45) is 11.8 Å². The average Bonchev–Trinajstić information content (AvgIpc) is 3.38. The normalized spacial score (nSPS) is 31.9. The highest BCUT2D eigenvalue weighted by Gasteiger charge is 2.67. The van der Waals surface area contributed by atoms with Crippen molar-refractivity contribution in [3.05, 3.63) is 30.2 Å². The lowest BCUT2D eigenvalue weighted by molar-refractivity contribution is -0.143. The minimum Gasteiger partial charge on any atom is -0.360 e. The molecule has 7 nitrogen and oxygen atoms in total. The van der Waals surface area contributed by atoms with Crippen LogP contribution in [-0.2, 0) is 20.9 Å². The fourth-order valence-electron chi connectivity index (χ4n) is 4.74. The number of aromatic nitrogens is 1. The fraction of sp³-hybridized carbons (Fsp3) is 0.632. The van der Waals surface area contributed by atoms with Crippen LogP contribution in [0.4, 0.5) is 0 Å². The molecule has 1 spiro atoms. The summed E-state index contributed by atoms with van der Waals surface area (Å²) in [6.45, 7) is 5.06. The van der Waals surface area contributed by atoms with E-state index in [9.17, 15) is 9.59 Å². The second kappa shape index (κ2) is 6.23. The number of carbonyl (C=O) groups excluding carboxylic acids is 2. The second-order valence-electron chi connectivity index (χ2n) is 7.51. The molecule has 2 amide bonds. The molecule has 2 saturated heterocycles. The van der Waals surface area contributed by atoms with Crippen LogP contribution in [0.2, 0.25) is 0 Å². The van der Waals surface area contributed by atoms with Crippen molar-refractivity contribution in [3.63, 3.8) is 0 Å². The lowest BCUT2D eigenvalue weighted by Gasteiger charge is -2.29. The van der Waals surface area contributed by atoms with E-state index in [-0.39, 0.29) is 24.0 Å². The van der Waals surface area contributed by atoms with Gasteiger partial charge in [0.05, 0.1) is 37.2 Å². The zero-order valence-corrected chi connectivity index (χ0v) is 15.4. The smallest absolute Gasteiger partial charge is 0.230 e. The first kappa shape index (κ1) is 17.3. The van der Waals surface area contributed by atoms with E-state index in [1.807, 2.05) is 17.1 Å². The van der Waals surface area contributed by atoms with E-state index >= 15 is 0 Å². The van der Waals surface area contributed by atoms with Crippen LogP contribution < -0.4 is 0 Å². The Balaban J connectivity index is 1.57. The van der Waals surface area contributed by atoms with Gasteiger partial charge in [0.25, 0.3) is 0 Å². The van der Waals surface area contributed by atoms with Gasteiger partial charge in [0.15, 0.2) is 5.76 Å². The fourth-order valence-corrected chi connectivity index (χ4v) is 4.74. The molecule has 0 radical (unpaired) electrons. The van der Waals surface area contributed by atoms with Crippen LogP contribution in [0.15, 0.2) is 28.9 Å². The van der Waals surface area contributed by atoms with Crippen molar-refractivity contribution in [2.75, 3.05) is 13.6 Å². The molecule has 0 saturated carbocycles. The highest BCUT2D eigenvalue weighted by molar-refractivity contribution is 5.93. The molecule has 3 aliphatic heterocycles. The first-order valence-electron chi connectivity index (χ1n) is 9.33. The van der Waals surface area contributed by atoms with E-state index in [2.05, 4.69) is 19.0 Å². The van der Waals surface area contributed by atoms with Crippen LogP contribution in [0.3, 0.4) is 0 Å². The number of likely N-dealkylation sites (tertiary alicyclic amines) is 1. The van der Waals surface area contributed by atoms with Gasteiger partial charge in [0.2, 0.25) is 11.8 Å². The lowest BCUT2D eigenvalue weighted by Crippen LogP contribution is -2.45. The van der Waals surface area contributed by atoms with E-state index in [0.717, 1.165) is 12.8 Å². The summed E-state index contributed by atoms with van der Waals surface area (Å²) in [7, 11) is 1.73. The Bertz CT molecular complexity index is 727. The number of nitrogens with zero attached hydrogens (tertiary/aromatic N) is 3. The van der Waals surface area contributed by atoms with Crippen LogP contribution >= 0.6 is 0 Å². The highest BCUT2D eigenvalue weighted by atomic mass is 16.5. The van der Waals surface area contributed by atoms with Gasteiger partial charge in [-0.2, -0.15) is 0 Å². The topological polar surface area (TPSA) is 75.9 Å². The van der Waals surface area contributed by atoms with Crippen molar-refractivity contribution in [2.45, 2.75) is 51.0 Å². The summed E-state index contributed by atoms with van der Waals surface area (Å²) < 4.78 is 11.3. The predicted octanol–water partition coefficient (Wildman–Crippen LogP) is 1.60. The van der Waals surface area contributed by atoms with Crippen LogP contribution in [0, 0.1) is 11.8 Å². The molecule has 4 atom stereocenters. The summed E-state index contributed by atoms with van der Waals surface area (Å²) in [6, 6.07) is 1.93. The number of fused-ring (bicyclic) bond motifs is 1. The number of carbonyl (C=O) groups is 2. The third-order valence-corrected chi connectivity index (χ3v) is 6.06. The Morgan fingerprint density at radius 3 is 2.88 bits per heavy atom. The van der Waals surface area contributed by atoms with Gasteiger partial charge in [-0.15, -0.1) is 0 Å². The molecule has 26 heavy (non-hydrogen) atoms. The minimum absolute atomic E-state index is 0.0527. The minimum atomic E-state index is -0.641. The first-order chi connectivity index (χ1) is 12.5. The van der Waals surface area contributed by atoms with Crippen molar-refractivity contribution >= 4 is 11.8 Å². The Kier molecular flexibility index (Phi) is 4.14. The summed E-state index contributed by atoms with van der Waals surface area (Å²) in [5.74, 6) is -0.312. The van der Waals surface area contributed by atoms with Crippen molar-refractivity contribution in [1.82, 2.24) is 15.0 Å². The molecule has 1 aromatic rings. The Morgan fingerprint density at radius 2 is 2.23 bits per heavy atom. The standard InChI is InChI=1S/C19H25N3O4/c1-4-12(5-2)22-11-19-8-6-14(25-19)15(16(19)18(22)24)17(23)21(3)10-13-7-9-20-26-13/h6-9,12,14-16H,4-5,10-11H2,1-3H3/t14-,15-,16-,19-/m0/s1. The Hall–Kier alpha value is -2.15. The summed E-state index contributed by atoms with van der Waals surface area (Å²) in [6.07, 6.45) is 7.00. The van der Waals surface area contributed by atoms with E-state index in [1.165, 1.54) is 0 Å². The maximum absolute atomic E-state index is 13.2. The molecule has 2 bridgehead atoms. The van der Waals surface area contributed by atoms with Crippen molar-refractivity contribution in [3.8, 4) is 0 Å². The number of rotatable bonds is 6. The zero-order valence-electron chi connectivity index (χ0n) is 15.4. The van der Waals surface area contributed by atoms with Gasteiger partial charge in [0, 0.05) is 19.2 Å². The van der Waals surface area contributed by atoms with Crippen molar-refractivity contribution in [1.29, 1.82) is 0 Å². The monoisotopic (exact) mass is 359 g/mol. The molecule has 4 heterocycles. The van der Waals surface area contributed by atoms with Crippen LogP contribution in [0.5, 0.6) is 0 Å². The van der Waals surface area contributed by atoms with Gasteiger partial charge in [-0.3, -0.25) is 9.59 Å². The van der Waals surface area contributed by atoms with Gasteiger partial charge in [-0.05, 0) is 12.8 Å². The lowest BCUT2D eigenvalue weighted by atomic mass is 9.76. The summed E-state index contributed by atoms with van der Waals surface area (Å²) in [5.41, 5.74) is -0.641. The average molecular weight is 359 g/mol. The summed E-state index contributed by atoms with van der Waals surface area (Å²) in [4.78, 5) is 29.9. The number of amides is 2. The van der Waals surface area contributed by atoms with Gasteiger partial charge in [0.1, 0.15) is 5.60 Å². The number of hydrogen-bond donors (Lipinski definition) is 0. The molecule has 0 aromatic carbocycles. The summed E-state index contributed by atoms with van der Waals surface area (Å²) >= 11 is 0. The quantitative estimate of drug-likeness (QED) is 0.721. The molecular formula is C19H25N3O4. The maximum atomic E-state index is 13.2. The highest BCUT2D eigenvalue weighted by Crippen LogP contribution is 2.52. The largest absolute Gasteiger partial charge is 0.360 e. The van der Waals surface area contributed by atoms with E-state index in [1.54, 1.807) is 24.2 Å². The molecule has 1 aromatic heterocycles. The molecular weight excluding hydrogens is 334 g/mol. The van der Waals surface area contributed by atoms with E-state index in [0.29, 0.717) is 18.8 Å². The molecule has 4 rings (SSSR count). The number of ether oxygens (including phenoxy) is 1. The SMILES string of the molecule is CCC(CC)N1C[C@]23C=C[C@H](O2)[C@H](C(=O)N(C)Cc2ccno2)[C@H]3C1=O. The maximum Gasteiger partial charge on any atom is 0.230 e. The first-order valence-corrected chi connectivity index (χ1v) is 9.33. The Morgan fingerprint density at radius 1 is 1.46 bits per heavy atom. The molecule has 0 N–H and O–H groups in total. The molecule has 140 valence electrons. The second-order valence-corrected chi connectivity index (χ2v) is 7.51. The van der Waals surface area contributed by atoms with Gasteiger partial charge in [-0.1, -0.05) is 31.2 Å². The third-order valence-electron chi connectivity index (χ3n) is 6.06. The molecule has 7 heteroatoms. The van der Waals surface area contributed by atoms with Crippen LogP contribution in [0.1, 0.15) is 32.4 Å².